The van der Waals surface area contributed by atoms with Crippen molar-refractivity contribution in [2.24, 2.45) is 0 Å². The lowest BCUT2D eigenvalue weighted by atomic mass is 9.95. The van der Waals surface area contributed by atoms with Gasteiger partial charge < -0.3 is 14.7 Å². The number of aromatic hydroxyl groups is 1. The maximum atomic E-state index is 13.2. The van der Waals surface area contributed by atoms with Gasteiger partial charge in [0.25, 0.3) is 11.6 Å². The third-order valence-corrected chi connectivity index (χ3v) is 5.33. The first-order valence-electron chi connectivity index (χ1n) is 10.0. The summed E-state index contributed by atoms with van der Waals surface area (Å²) in [5.41, 5.74) is 2.71. The molecule has 1 aromatic heterocycles. The number of rotatable bonds is 8. The average Bonchev–Trinajstić information content (AvgIpc) is 3.31. The Morgan fingerprint density at radius 3 is 2.65 bits per heavy atom. The number of phenolic OH excluding ortho intramolecular Hbond substituents is 1. The molecule has 0 fully saturated rings. The van der Waals surface area contributed by atoms with Crippen molar-refractivity contribution in [2.75, 3.05) is 19.8 Å². The molecule has 1 aliphatic rings. The molecular weight excluding hydrogens is 400 g/mol. The molecule has 1 unspecified atom stereocenters. The number of nitrogens with zero attached hydrogens (tertiary/aromatic N) is 3. The number of carbonyl (C=O) groups excluding carboxylic acids is 1. The summed E-state index contributed by atoms with van der Waals surface area (Å²) in [5.74, 6) is -0.148. The Balaban J connectivity index is 1.78. The minimum atomic E-state index is -0.488. The number of non-ortho nitro benzene ring substituents is 1. The number of para-hydroxylation sites is 1. The van der Waals surface area contributed by atoms with Gasteiger partial charge in [-0.1, -0.05) is 12.1 Å². The van der Waals surface area contributed by atoms with E-state index in [0.717, 1.165) is 5.56 Å². The lowest BCUT2D eigenvalue weighted by molar-refractivity contribution is -0.384. The Labute approximate surface area is 178 Å². The van der Waals surface area contributed by atoms with Gasteiger partial charge in [-0.2, -0.15) is 5.10 Å². The van der Waals surface area contributed by atoms with Gasteiger partial charge in [0.15, 0.2) is 0 Å². The van der Waals surface area contributed by atoms with Crippen LogP contribution in [0.3, 0.4) is 0 Å². The Hall–Kier alpha value is -3.72. The van der Waals surface area contributed by atoms with Crippen LogP contribution in [0.1, 0.15) is 41.0 Å². The van der Waals surface area contributed by atoms with Gasteiger partial charge in [0.2, 0.25) is 0 Å². The van der Waals surface area contributed by atoms with Crippen molar-refractivity contribution in [3.8, 4) is 17.0 Å². The lowest BCUT2D eigenvalue weighted by Crippen LogP contribution is -2.31. The molecule has 3 aromatic rings. The molecule has 0 radical (unpaired) electrons. The van der Waals surface area contributed by atoms with Crippen molar-refractivity contribution in [1.29, 1.82) is 0 Å². The topological polar surface area (TPSA) is 122 Å². The van der Waals surface area contributed by atoms with Crippen molar-refractivity contribution < 1.29 is 19.6 Å². The summed E-state index contributed by atoms with van der Waals surface area (Å²) >= 11 is 0. The second-order valence-electron chi connectivity index (χ2n) is 7.18. The Kier molecular flexibility index (Phi) is 5.68. The number of nitrogens with one attached hydrogen (secondary N) is 1. The molecule has 9 heteroatoms. The van der Waals surface area contributed by atoms with E-state index in [0.29, 0.717) is 48.7 Å². The zero-order chi connectivity index (χ0) is 22.0. The normalized spacial score (nSPS) is 15.3. The van der Waals surface area contributed by atoms with E-state index >= 15 is 0 Å². The summed E-state index contributed by atoms with van der Waals surface area (Å²) in [7, 11) is 0. The molecule has 1 aliphatic heterocycles. The van der Waals surface area contributed by atoms with Crippen molar-refractivity contribution >= 4 is 11.6 Å². The van der Waals surface area contributed by atoms with E-state index in [1.54, 1.807) is 41.3 Å². The molecule has 31 heavy (non-hydrogen) atoms. The number of nitro groups is 1. The zero-order valence-corrected chi connectivity index (χ0v) is 16.9. The summed E-state index contributed by atoms with van der Waals surface area (Å²) in [5, 5.41) is 28.6. The Bertz CT molecular complexity index is 1110. The molecule has 0 aliphatic carbocycles. The molecule has 0 saturated heterocycles. The van der Waals surface area contributed by atoms with Crippen LogP contribution >= 0.6 is 0 Å². The van der Waals surface area contributed by atoms with E-state index in [4.69, 9.17) is 4.74 Å². The van der Waals surface area contributed by atoms with E-state index in [1.165, 1.54) is 12.1 Å². The lowest BCUT2D eigenvalue weighted by Gasteiger charge is -2.26. The molecule has 2 N–H and O–H groups in total. The first kappa shape index (κ1) is 20.5. The summed E-state index contributed by atoms with van der Waals surface area (Å²) < 4.78 is 5.41. The molecule has 1 amide bonds. The van der Waals surface area contributed by atoms with Crippen LogP contribution in [-0.4, -0.2) is 50.8 Å². The van der Waals surface area contributed by atoms with Crippen LogP contribution in [0.4, 0.5) is 5.69 Å². The van der Waals surface area contributed by atoms with E-state index < -0.39 is 11.0 Å². The number of aromatic nitrogens is 2. The van der Waals surface area contributed by atoms with Gasteiger partial charge in [-0.3, -0.25) is 20.0 Å². The predicted molar refractivity (Wildman–Crippen MR) is 113 cm³/mol. The third kappa shape index (κ3) is 3.75. The predicted octanol–water partition coefficient (Wildman–Crippen LogP) is 3.66. The maximum Gasteiger partial charge on any atom is 0.273 e. The number of carbonyl (C=O) groups is 1. The second-order valence-corrected chi connectivity index (χ2v) is 7.18. The van der Waals surface area contributed by atoms with Crippen LogP contribution in [-0.2, 0) is 4.74 Å². The maximum absolute atomic E-state index is 13.2. The fourth-order valence-corrected chi connectivity index (χ4v) is 3.91. The number of hydrogen-bond acceptors (Lipinski definition) is 6. The van der Waals surface area contributed by atoms with Crippen molar-refractivity contribution in [3.05, 3.63) is 75.5 Å². The zero-order valence-electron chi connectivity index (χ0n) is 16.9. The molecule has 4 rings (SSSR count). The SMILES string of the molecule is CCOCCCN1C(=O)c2[nH]nc(-c3ccccc3O)c2C1c1ccc([N+](=O)[O-])cc1. The molecule has 9 nitrogen and oxygen atoms in total. The highest BCUT2D eigenvalue weighted by Crippen LogP contribution is 2.44. The first-order valence-corrected chi connectivity index (χ1v) is 10.0. The highest BCUT2D eigenvalue weighted by atomic mass is 16.6. The molecule has 1 atom stereocenters. The van der Waals surface area contributed by atoms with Gasteiger partial charge in [-0.05, 0) is 43.2 Å². The monoisotopic (exact) mass is 422 g/mol. The van der Waals surface area contributed by atoms with Gasteiger partial charge in [0.1, 0.15) is 17.1 Å². The third-order valence-electron chi connectivity index (χ3n) is 5.33. The highest BCUT2D eigenvalue weighted by Gasteiger charge is 2.42. The number of H-pyrrole nitrogens is 1. The van der Waals surface area contributed by atoms with Crippen LogP contribution in [0.15, 0.2) is 48.5 Å². The number of nitro benzene ring substituents is 1. The fourth-order valence-electron chi connectivity index (χ4n) is 3.91. The molecule has 2 heterocycles. The minimum Gasteiger partial charge on any atom is -0.507 e. The van der Waals surface area contributed by atoms with Crippen LogP contribution in [0, 0.1) is 10.1 Å². The van der Waals surface area contributed by atoms with Crippen LogP contribution in [0.2, 0.25) is 0 Å². The van der Waals surface area contributed by atoms with E-state index in [2.05, 4.69) is 10.2 Å². The molecular formula is C22H22N4O5. The molecule has 160 valence electrons. The summed E-state index contributed by atoms with van der Waals surface area (Å²) in [4.78, 5) is 25.5. The smallest absolute Gasteiger partial charge is 0.273 e. The highest BCUT2D eigenvalue weighted by molar-refractivity contribution is 6.00. The van der Waals surface area contributed by atoms with Crippen molar-refractivity contribution in [3.63, 3.8) is 0 Å². The number of benzene rings is 2. The minimum absolute atomic E-state index is 0.0238. The fraction of sp³-hybridized carbons (Fsp3) is 0.273. The number of aromatic amines is 1. The van der Waals surface area contributed by atoms with Crippen LogP contribution in [0.25, 0.3) is 11.3 Å². The van der Waals surface area contributed by atoms with Gasteiger partial charge in [0, 0.05) is 43.0 Å². The summed E-state index contributed by atoms with van der Waals surface area (Å²) in [6, 6.07) is 12.5. The van der Waals surface area contributed by atoms with Crippen LogP contribution < -0.4 is 0 Å². The van der Waals surface area contributed by atoms with Gasteiger partial charge >= 0.3 is 0 Å². The van der Waals surface area contributed by atoms with E-state index in [1.807, 2.05) is 6.92 Å². The van der Waals surface area contributed by atoms with Gasteiger partial charge in [0.05, 0.1) is 11.0 Å². The van der Waals surface area contributed by atoms with E-state index in [-0.39, 0.29) is 17.3 Å². The number of ether oxygens (including phenoxy) is 1. The molecule has 0 saturated carbocycles. The van der Waals surface area contributed by atoms with Gasteiger partial charge in [-0.15, -0.1) is 0 Å². The standard InChI is InChI=1S/C22H22N4O5/c1-2-31-13-5-12-25-21(14-8-10-15(11-9-14)26(29)30)18-19(23-24-20(18)22(25)28)16-6-3-4-7-17(16)27/h3-4,6-11,21,27H,2,5,12-13H2,1H3,(H,23,24). The van der Waals surface area contributed by atoms with Crippen LogP contribution in [0.5, 0.6) is 5.75 Å². The van der Waals surface area contributed by atoms with Crippen molar-refractivity contribution in [1.82, 2.24) is 15.1 Å². The van der Waals surface area contributed by atoms with Crippen molar-refractivity contribution in [2.45, 2.75) is 19.4 Å². The van der Waals surface area contributed by atoms with Gasteiger partial charge in [-0.25, -0.2) is 0 Å². The number of hydrogen-bond donors (Lipinski definition) is 2. The number of amides is 1. The first-order chi connectivity index (χ1) is 15.0. The summed E-state index contributed by atoms with van der Waals surface area (Å²) in [6.45, 7) is 3.48. The Morgan fingerprint density at radius 1 is 1.23 bits per heavy atom. The quantitative estimate of drug-likeness (QED) is 0.325. The molecule has 0 bridgehead atoms. The van der Waals surface area contributed by atoms with E-state index in [9.17, 15) is 20.0 Å². The number of fused-ring (bicyclic) bond motifs is 1. The Morgan fingerprint density at radius 2 is 1.97 bits per heavy atom. The summed E-state index contributed by atoms with van der Waals surface area (Å²) in [6.07, 6.45) is 0.646. The number of phenols is 1. The second kappa shape index (κ2) is 8.57. The average molecular weight is 422 g/mol. The molecule has 0 spiro atoms. The largest absolute Gasteiger partial charge is 0.507 e. The molecule has 2 aromatic carbocycles.